The Kier molecular flexibility index (Phi) is 4.85. The summed E-state index contributed by atoms with van der Waals surface area (Å²) in [7, 11) is 3.14. The fourth-order valence-electron chi connectivity index (χ4n) is 3.39. The zero-order valence-electron chi connectivity index (χ0n) is 15.8. The molecule has 3 aromatic rings. The zero-order chi connectivity index (χ0) is 19.5. The van der Waals surface area contributed by atoms with Crippen molar-refractivity contribution in [2.75, 3.05) is 31.0 Å². The molecular formula is C22H21N3O3. The van der Waals surface area contributed by atoms with Crippen molar-refractivity contribution >= 4 is 23.1 Å². The van der Waals surface area contributed by atoms with Crippen LogP contribution in [-0.4, -0.2) is 31.7 Å². The molecule has 0 aliphatic carbocycles. The first-order chi connectivity index (χ1) is 13.7. The molecule has 1 N–H and O–H groups in total. The van der Waals surface area contributed by atoms with Gasteiger partial charge >= 0.3 is 0 Å². The molecule has 6 heteroatoms. The minimum absolute atomic E-state index is 0.234. The lowest BCUT2D eigenvalue weighted by molar-refractivity contribution is 0.102. The van der Waals surface area contributed by atoms with Gasteiger partial charge in [0, 0.05) is 30.1 Å². The molecule has 2 aromatic carbocycles. The first-order valence-corrected chi connectivity index (χ1v) is 9.04. The van der Waals surface area contributed by atoms with Crippen LogP contribution in [0.15, 0.2) is 60.8 Å². The Morgan fingerprint density at radius 3 is 2.75 bits per heavy atom. The maximum absolute atomic E-state index is 12.8. The second kappa shape index (κ2) is 7.60. The summed E-state index contributed by atoms with van der Waals surface area (Å²) < 4.78 is 10.6. The fourth-order valence-corrected chi connectivity index (χ4v) is 3.39. The number of rotatable bonds is 5. The van der Waals surface area contributed by atoms with E-state index in [1.807, 2.05) is 18.2 Å². The minimum Gasteiger partial charge on any atom is -0.497 e. The molecule has 0 bridgehead atoms. The monoisotopic (exact) mass is 375 g/mol. The predicted octanol–water partition coefficient (Wildman–Crippen LogP) is 4.05. The number of carbonyl (C=O) groups excluding carboxylic acids is 1. The highest BCUT2D eigenvalue weighted by atomic mass is 16.5. The first kappa shape index (κ1) is 17.9. The van der Waals surface area contributed by atoms with Crippen LogP contribution in [0.3, 0.4) is 0 Å². The highest BCUT2D eigenvalue weighted by Gasteiger charge is 2.21. The summed E-state index contributed by atoms with van der Waals surface area (Å²) in [5, 5.41) is 2.90. The van der Waals surface area contributed by atoms with Crippen molar-refractivity contribution in [3.8, 4) is 11.5 Å². The van der Waals surface area contributed by atoms with Crippen LogP contribution in [0, 0.1) is 0 Å². The summed E-state index contributed by atoms with van der Waals surface area (Å²) in [5.74, 6) is 1.73. The summed E-state index contributed by atoms with van der Waals surface area (Å²) in [6, 6.07) is 17.0. The number of carbonyl (C=O) groups is 1. The van der Waals surface area contributed by atoms with E-state index in [2.05, 4.69) is 27.3 Å². The Balaban J connectivity index is 1.60. The van der Waals surface area contributed by atoms with Crippen LogP contribution in [-0.2, 0) is 6.42 Å². The first-order valence-electron chi connectivity index (χ1n) is 9.04. The van der Waals surface area contributed by atoms with Gasteiger partial charge in [0.1, 0.15) is 17.3 Å². The molecule has 28 heavy (non-hydrogen) atoms. The molecule has 1 aromatic heterocycles. The number of methoxy groups -OCH3 is 2. The van der Waals surface area contributed by atoms with E-state index < -0.39 is 0 Å². The maximum atomic E-state index is 12.8. The Morgan fingerprint density at radius 2 is 1.93 bits per heavy atom. The summed E-state index contributed by atoms with van der Waals surface area (Å²) in [6.07, 6.45) is 2.63. The van der Waals surface area contributed by atoms with E-state index in [0.717, 1.165) is 24.5 Å². The van der Waals surface area contributed by atoms with Gasteiger partial charge in [0.15, 0.2) is 0 Å². The van der Waals surface area contributed by atoms with Gasteiger partial charge < -0.3 is 19.7 Å². The van der Waals surface area contributed by atoms with Gasteiger partial charge in [-0.25, -0.2) is 4.98 Å². The molecule has 0 unspecified atom stereocenters. The number of hydrogen-bond acceptors (Lipinski definition) is 5. The van der Waals surface area contributed by atoms with Gasteiger partial charge in [-0.15, -0.1) is 0 Å². The number of benzene rings is 2. The molecule has 0 saturated carbocycles. The summed E-state index contributed by atoms with van der Waals surface area (Å²) in [4.78, 5) is 19.4. The average molecular weight is 375 g/mol. The quantitative estimate of drug-likeness (QED) is 0.729. The normalized spacial score (nSPS) is 12.4. The molecule has 0 atom stereocenters. The number of fused-ring (bicyclic) bond motifs is 1. The van der Waals surface area contributed by atoms with Crippen molar-refractivity contribution in [3.63, 3.8) is 0 Å². The van der Waals surface area contributed by atoms with E-state index >= 15 is 0 Å². The molecule has 142 valence electrons. The van der Waals surface area contributed by atoms with Crippen LogP contribution in [0.25, 0.3) is 0 Å². The summed E-state index contributed by atoms with van der Waals surface area (Å²) in [6.45, 7) is 0.848. The molecule has 0 fully saturated rings. The van der Waals surface area contributed by atoms with Crippen LogP contribution in [0.4, 0.5) is 17.2 Å². The van der Waals surface area contributed by atoms with E-state index in [1.165, 1.54) is 5.56 Å². The van der Waals surface area contributed by atoms with Crippen molar-refractivity contribution in [2.45, 2.75) is 6.42 Å². The van der Waals surface area contributed by atoms with E-state index in [4.69, 9.17) is 9.47 Å². The van der Waals surface area contributed by atoms with Crippen molar-refractivity contribution in [1.29, 1.82) is 0 Å². The third kappa shape index (κ3) is 3.36. The molecule has 1 amide bonds. The molecule has 1 aliphatic rings. The van der Waals surface area contributed by atoms with E-state index in [1.54, 1.807) is 44.7 Å². The highest BCUT2D eigenvalue weighted by molar-refractivity contribution is 6.05. The van der Waals surface area contributed by atoms with Crippen LogP contribution in [0.2, 0.25) is 0 Å². The Bertz CT molecular complexity index is 1020. The molecule has 1 aliphatic heterocycles. The second-order valence-electron chi connectivity index (χ2n) is 6.45. The van der Waals surface area contributed by atoms with Gasteiger partial charge in [-0.3, -0.25) is 4.79 Å². The average Bonchev–Trinajstić information content (AvgIpc) is 3.18. The van der Waals surface area contributed by atoms with Gasteiger partial charge in [-0.2, -0.15) is 0 Å². The Morgan fingerprint density at radius 1 is 1.07 bits per heavy atom. The molecule has 2 heterocycles. The van der Waals surface area contributed by atoms with E-state index in [9.17, 15) is 4.79 Å². The number of pyridine rings is 1. The lowest BCUT2D eigenvalue weighted by atomic mass is 10.2. The standard InChI is InChI=1S/C22H21N3O3/c1-27-17-7-8-20(28-2)18(14-17)24-22(26)16-9-11-23-21(13-16)25-12-10-15-5-3-4-6-19(15)25/h3-9,11,13-14H,10,12H2,1-2H3,(H,24,26). The predicted molar refractivity (Wildman–Crippen MR) is 109 cm³/mol. The number of para-hydroxylation sites is 1. The number of aromatic nitrogens is 1. The van der Waals surface area contributed by atoms with Gasteiger partial charge in [-0.1, -0.05) is 18.2 Å². The highest BCUT2D eigenvalue weighted by Crippen LogP contribution is 2.34. The number of amides is 1. The largest absolute Gasteiger partial charge is 0.497 e. The smallest absolute Gasteiger partial charge is 0.255 e. The Hall–Kier alpha value is -3.54. The Labute approximate surface area is 163 Å². The molecule has 0 saturated heterocycles. The SMILES string of the molecule is COc1ccc(OC)c(NC(=O)c2ccnc(N3CCc4ccccc43)c2)c1. The van der Waals surface area contributed by atoms with Gasteiger partial charge in [0.25, 0.3) is 5.91 Å². The third-order valence-electron chi connectivity index (χ3n) is 4.83. The number of nitrogens with zero attached hydrogens (tertiary/aromatic N) is 2. The van der Waals surface area contributed by atoms with Crippen molar-refractivity contribution in [2.24, 2.45) is 0 Å². The maximum Gasteiger partial charge on any atom is 0.255 e. The van der Waals surface area contributed by atoms with Gasteiger partial charge in [-0.05, 0) is 42.3 Å². The molecule has 6 nitrogen and oxygen atoms in total. The third-order valence-corrected chi connectivity index (χ3v) is 4.83. The van der Waals surface area contributed by atoms with Gasteiger partial charge in [0.05, 0.1) is 19.9 Å². The van der Waals surface area contributed by atoms with E-state index in [0.29, 0.717) is 22.7 Å². The lowest BCUT2D eigenvalue weighted by Crippen LogP contribution is -2.17. The second-order valence-corrected chi connectivity index (χ2v) is 6.45. The van der Waals surface area contributed by atoms with E-state index in [-0.39, 0.29) is 5.91 Å². The molecule has 4 rings (SSSR count). The number of hydrogen-bond donors (Lipinski definition) is 1. The van der Waals surface area contributed by atoms with Crippen LogP contribution in [0.5, 0.6) is 11.5 Å². The number of anilines is 3. The summed E-state index contributed by atoms with van der Waals surface area (Å²) >= 11 is 0. The summed E-state index contributed by atoms with van der Waals surface area (Å²) in [5.41, 5.74) is 3.51. The van der Waals surface area contributed by atoms with Crippen LogP contribution < -0.4 is 19.7 Å². The number of nitrogens with one attached hydrogen (secondary N) is 1. The molecule has 0 spiro atoms. The fraction of sp³-hybridized carbons (Fsp3) is 0.182. The van der Waals surface area contributed by atoms with Crippen molar-refractivity contribution < 1.29 is 14.3 Å². The molecular weight excluding hydrogens is 354 g/mol. The van der Waals surface area contributed by atoms with Crippen molar-refractivity contribution in [1.82, 2.24) is 4.98 Å². The minimum atomic E-state index is -0.234. The van der Waals surface area contributed by atoms with Crippen LogP contribution >= 0.6 is 0 Å². The topological polar surface area (TPSA) is 63.7 Å². The van der Waals surface area contributed by atoms with Gasteiger partial charge in [0.2, 0.25) is 0 Å². The lowest BCUT2D eigenvalue weighted by Gasteiger charge is -2.19. The van der Waals surface area contributed by atoms with Crippen LogP contribution in [0.1, 0.15) is 15.9 Å². The zero-order valence-corrected chi connectivity index (χ0v) is 15.8. The molecule has 0 radical (unpaired) electrons. The van der Waals surface area contributed by atoms with Crippen molar-refractivity contribution in [3.05, 3.63) is 71.9 Å². The number of ether oxygens (including phenoxy) is 2.